The lowest BCUT2D eigenvalue weighted by molar-refractivity contribution is 0.0921. The summed E-state index contributed by atoms with van der Waals surface area (Å²) in [5.74, 6) is 0.979. The SMILES string of the molecule is Cn1cc(Nc2cc(-c3ccc4c(c3)CCCCC4NC(=O)c3noc(C(C)(C)C)n3)ccn2)cn1. The first-order valence-electron chi connectivity index (χ1n) is 12.3. The summed E-state index contributed by atoms with van der Waals surface area (Å²) in [7, 11) is 1.88. The maximum Gasteiger partial charge on any atom is 0.293 e. The van der Waals surface area contributed by atoms with E-state index in [4.69, 9.17) is 4.52 Å². The van der Waals surface area contributed by atoms with Crippen LogP contribution in [0.3, 0.4) is 0 Å². The highest BCUT2D eigenvalue weighted by Gasteiger charge is 2.27. The molecule has 36 heavy (non-hydrogen) atoms. The summed E-state index contributed by atoms with van der Waals surface area (Å²) in [6, 6.07) is 10.4. The molecule has 1 aliphatic rings. The molecule has 1 aliphatic carbocycles. The highest BCUT2D eigenvalue weighted by Crippen LogP contribution is 2.33. The fraction of sp³-hybridized carbons (Fsp3) is 0.370. The molecule has 9 nitrogen and oxygen atoms in total. The van der Waals surface area contributed by atoms with Gasteiger partial charge < -0.3 is 15.2 Å². The summed E-state index contributed by atoms with van der Waals surface area (Å²) in [5, 5.41) is 14.5. The number of hydrogen-bond donors (Lipinski definition) is 2. The number of fused-ring (bicyclic) bond motifs is 1. The van der Waals surface area contributed by atoms with Crippen LogP contribution in [0, 0.1) is 0 Å². The van der Waals surface area contributed by atoms with Gasteiger partial charge >= 0.3 is 0 Å². The van der Waals surface area contributed by atoms with Gasteiger partial charge in [-0.25, -0.2) is 4.98 Å². The van der Waals surface area contributed by atoms with Crippen molar-refractivity contribution in [3.05, 3.63) is 71.8 Å². The lowest BCUT2D eigenvalue weighted by atomic mass is 9.94. The number of nitrogens with zero attached hydrogens (tertiary/aromatic N) is 5. The molecule has 0 saturated carbocycles. The van der Waals surface area contributed by atoms with Crippen molar-refractivity contribution in [2.75, 3.05) is 5.32 Å². The van der Waals surface area contributed by atoms with Crippen LogP contribution in [0.4, 0.5) is 11.5 Å². The van der Waals surface area contributed by atoms with Crippen LogP contribution in [0.15, 0.2) is 53.4 Å². The third kappa shape index (κ3) is 5.15. The van der Waals surface area contributed by atoms with Gasteiger partial charge in [0.2, 0.25) is 5.89 Å². The van der Waals surface area contributed by atoms with Gasteiger partial charge in [0, 0.05) is 24.9 Å². The number of carbonyl (C=O) groups excluding carboxylic acids is 1. The fourth-order valence-corrected chi connectivity index (χ4v) is 4.47. The molecule has 5 rings (SSSR count). The standard InChI is InChI=1S/C27H31N7O2/c1-27(2,3)26-32-24(33-36-26)25(35)31-22-8-6-5-7-19-13-17(9-10-21(19)22)18-11-12-28-23(14-18)30-20-15-29-34(4)16-20/h9-16,22H,5-8H2,1-4H3,(H,28,30)(H,31,35). The van der Waals surface area contributed by atoms with E-state index in [1.165, 1.54) is 5.56 Å². The molecular weight excluding hydrogens is 454 g/mol. The summed E-state index contributed by atoms with van der Waals surface area (Å²) in [5.41, 5.74) is 5.16. The second-order valence-electron chi connectivity index (χ2n) is 10.3. The molecule has 186 valence electrons. The smallest absolute Gasteiger partial charge is 0.293 e. The Balaban J connectivity index is 1.36. The molecule has 1 amide bonds. The van der Waals surface area contributed by atoms with Crippen molar-refractivity contribution in [1.29, 1.82) is 0 Å². The molecule has 0 radical (unpaired) electrons. The van der Waals surface area contributed by atoms with Gasteiger partial charge in [0.15, 0.2) is 0 Å². The Kier molecular flexibility index (Phi) is 6.30. The third-order valence-corrected chi connectivity index (χ3v) is 6.35. The second kappa shape index (κ2) is 9.56. The van der Waals surface area contributed by atoms with Crippen molar-refractivity contribution < 1.29 is 9.32 Å². The zero-order valence-corrected chi connectivity index (χ0v) is 21.1. The number of hydrogen-bond acceptors (Lipinski definition) is 7. The molecule has 4 aromatic rings. The second-order valence-corrected chi connectivity index (χ2v) is 10.3. The van der Waals surface area contributed by atoms with Gasteiger partial charge in [-0.15, -0.1) is 0 Å². The van der Waals surface area contributed by atoms with E-state index in [0.29, 0.717) is 5.89 Å². The zero-order valence-electron chi connectivity index (χ0n) is 21.1. The number of amides is 1. The van der Waals surface area contributed by atoms with Gasteiger partial charge in [0.1, 0.15) is 5.82 Å². The maximum absolute atomic E-state index is 12.9. The fourth-order valence-electron chi connectivity index (χ4n) is 4.47. The van der Waals surface area contributed by atoms with Crippen LogP contribution in [0.5, 0.6) is 0 Å². The molecule has 3 heterocycles. The van der Waals surface area contributed by atoms with Gasteiger partial charge in [-0.2, -0.15) is 10.1 Å². The number of anilines is 2. The van der Waals surface area contributed by atoms with Crippen LogP contribution in [0.25, 0.3) is 11.1 Å². The maximum atomic E-state index is 12.9. The Labute approximate surface area is 210 Å². The lowest BCUT2D eigenvalue weighted by Crippen LogP contribution is -2.29. The van der Waals surface area contributed by atoms with Crippen molar-refractivity contribution in [3.63, 3.8) is 0 Å². The summed E-state index contributed by atoms with van der Waals surface area (Å²) < 4.78 is 7.06. The molecule has 1 aromatic carbocycles. The first-order chi connectivity index (χ1) is 17.3. The van der Waals surface area contributed by atoms with Crippen LogP contribution in [-0.4, -0.2) is 30.8 Å². The van der Waals surface area contributed by atoms with Gasteiger partial charge in [0.05, 0.1) is 17.9 Å². The zero-order chi connectivity index (χ0) is 25.3. The van der Waals surface area contributed by atoms with Gasteiger partial charge in [0.25, 0.3) is 11.7 Å². The average molecular weight is 486 g/mol. The van der Waals surface area contributed by atoms with Crippen LogP contribution in [-0.2, 0) is 18.9 Å². The summed E-state index contributed by atoms with van der Waals surface area (Å²) in [6.45, 7) is 5.92. The van der Waals surface area contributed by atoms with E-state index < -0.39 is 0 Å². The molecule has 0 saturated heterocycles. The Morgan fingerprint density at radius 2 is 1.97 bits per heavy atom. The number of benzene rings is 1. The first-order valence-corrected chi connectivity index (χ1v) is 12.3. The molecule has 1 unspecified atom stereocenters. The predicted molar refractivity (Wildman–Crippen MR) is 137 cm³/mol. The van der Waals surface area contributed by atoms with Gasteiger partial charge in [-0.3, -0.25) is 9.48 Å². The van der Waals surface area contributed by atoms with Crippen LogP contribution >= 0.6 is 0 Å². The molecule has 0 spiro atoms. The van der Waals surface area contributed by atoms with E-state index in [1.807, 2.05) is 46.1 Å². The average Bonchev–Trinajstić information content (AvgIpc) is 3.46. The van der Waals surface area contributed by atoms with Crippen molar-refractivity contribution in [1.82, 2.24) is 30.2 Å². The number of carbonyl (C=O) groups is 1. The molecule has 9 heteroatoms. The molecular formula is C27H31N7O2. The largest absolute Gasteiger partial charge is 0.342 e. The molecule has 2 N–H and O–H groups in total. The Hall–Kier alpha value is -4.01. The van der Waals surface area contributed by atoms with Crippen LogP contribution < -0.4 is 10.6 Å². The van der Waals surface area contributed by atoms with Crippen molar-refractivity contribution in [2.24, 2.45) is 7.05 Å². The topological polar surface area (TPSA) is 111 Å². The minimum Gasteiger partial charge on any atom is -0.342 e. The highest BCUT2D eigenvalue weighted by atomic mass is 16.5. The van der Waals surface area contributed by atoms with E-state index >= 15 is 0 Å². The molecule has 0 aliphatic heterocycles. The number of pyridine rings is 1. The number of aromatic nitrogens is 5. The quantitative estimate of drug-likeness (QED) is 0.378. The van der Waals surface area contributed by atoms with Crippen molar-refractivity contribution in [2.45, 2.75) is 57.9 Å². The van der Waals surface area contributed by atoms with Gasteiger partial charge in [-0.05, 0) is 53.6 Å². The Bertz CT molecular complexity index is 1380. The summed E-state index contributed by atoms with van der Waals surface area (Å²) >= 11 is 0. The van der Waals surface area contributed by atoms with E-state index in [9.17, 15) is 4.79 Å². The molecule has 0 fully saturated rings. The van der Waals surface area contributed by atoms with Crippen LogP contribution in [0.1, 0.15) is 73.7 Å². The van der Waals surface area contributed by atoms with E-state index in [1.54, 1.807) is 17.1 Å². The monoisotopic (exact) mass is 485 g/mol. The Morgan fingerprint density at radius 1 is 1.14 bits per heavy atom. The minimum atomic E-state index is -0.309. The third-order valence-electron chi connectivity index (χ3n) is 6.35. The van der Waals surface area contributed by atoms with Crippen molar-refractivity contribution >= 4 is 17.4 Å². The number of aryl methyl sites for hydroxylation is 2. The molecule has 0 bridgehead atoms. The minimum absolute atomic E-state index is 0.0766. The van der Waals surface area contributed by atoms with Gasteiger partial charge in [-0.1, -0.05) is 50.5 Å². The molecule has 3 aromatic heterocycles. The van der Waals surface area contributed by atoms with Crippen molar-refractivity contribution in [3.8, 4) is 11.1 Å². The molecule has 1 atom stereocenters. The number of nitrogens with one attached hydrogen (secondary N) is 2. The summed E-state index contributed by atoms with van der Waals surface area (Å²) in [6.07, 6.45) is 9.42. The van der Waals surface area contributed by atoms with E-state index in [0.717, 1.165) is 53.9 Å². The predicted octanol–water partition coefficient (Wildman–Crippen LogP) is 5.10. The lowest BCUT2D eigenvalue weighted by Gasteiger charge is -2.19. The summed E-state index contributed by atoms with van der Waals surface area (Å²) in [4.78, 5) is 21.7. The first kappa shape index (κ1) is 23.7. The Morgan fingerprint density at radius 3 is 2.72 bits per heavy atom. The number of rotatable bonds is 5. The normalized spacial score (nSPS) is 15.7. The van der Waals surface area contributed by atoms with Crippen LogP contribution in [0.2, 0.25) is 0 Å². The van der Waals surface area contributed by atoms with E-state index in [2.05, 4.69) is 49.1 Å². The highest BCUT2D eigenvalue weighted by molar-refractivity contribution is 5.90. The van der Waals surface area contributed by atoms with E-state index in [-0.39, 0.29) is 23.2 Å².